The lowest BCUT2D eigenvalue weighted by Crippen LogP contribution is -2.25. The van der Waals surface area contributed by atoms with Gasteiger partial charge in [-0.25, -0.2) is 4.68 Å². The number of hydrogen-bond donors (Lipinski definition) is 1. The van der Waals surface area contributed by atoms with Crippen LogP contribution in [0.3, 0.4) is 0 Å². The number of rotatable bonds is 7. The topological polar surface area (TPSA) is 48.3 Å². The molecule has 1 atom stereocenters. The molecule has 1 N–H and O–H groups in total. The van der Waals surface area contributed by atoms with Crippen molar-refractivity contribution in [2.45, 2.75) is 52.6 Å². The number of ether oxygens (including phenoxy) is 2. The van der Waals surface area contributed by atoms with Crippen LogP contribution in [-0.2, 0) is 13.0 Å². The van der Waals surface area contributed by atoms with Crippen molar-refractivity contribution in [3.05, 3.63) is 70.5 Å². The Kier molecular flexibility index (Phi) is 6.09. The van der Waals surface area contributed by atoms with Crippen molar-refractivity contribution in [3.63, 3.8) is 0 Å². The van der Waals surface area contributed by atoms with E-state index >= 15 is 0 Å². The van der Waals surface area contributed by atoms with E-state index in [1.54, 1.807) is 7.11 Å². The Bertz CT molecular complexity index is 1030. The fourth-order valence-corrected chi connectivity index (χ4v) is 4.28. The van der Waals surface area contributed by atoms with Crippen LogP contribution in [0.25, 0.3) is 5.69 Å². The lowest BCUT2D eigenvalue weighted by molar-refractivity contribution is 0.310. The van der Waals surface area contributed by atoms with Crippen LogP contribution in [0.2, 0.25) is 0 Å². The fraction of sp³-hybridized carbons (Fsp3) is 0.400. The van der Waals surface area contributed by atoms with Crippen LogP contribution >= 0.6 is 0 Å². The Morgan fingerprint density at radius 3 is 2.83 bits per heavy atom. The summed E-state index contributed by atoms with van der Waals surface area (Å²) < 4.78 is 13.3. The summed E-state index contributed by atoms with van der Waals surface area (Å²) >= 11 is 0. The van der Waals surface area contributed by atoms with E-state index in [0.717, 1.165) is 37.3 Å². The summed E-state index contributed by atoms with van der Waals surface area (Å²) in [6, 6.07) is 12.9. The molecule has 5 nitrogen and oxygen atoms in total. The first-order valence-corrected chi connectivity index (χ1v) is 10.8. The molecule has 0 aliphatic heterocycles. The van der Waals surface area contributed by atoms with Crippen LogP contribution in [0.1, 0.15) is 53.8 Å². The predicted molar refractivity (Wildman–Crippen MR) is 120 cm³/mol. The molecular formula is C25H31N3O2. The lowest BCUT2D eigenvalue weighted by Gasteiger charge is -2.25. The number of nitrogens with one attached hydrogen (secondary N) is 1. The van der Waals surface area contributed by atoms with Gasteiger partial charge in [-0.1, -0.05) is 18.2 Å². The van der Waals surface area contributed by atoms with Crippen LogP contribution < -0.4 is 14.8 Å². The Morgan fingerprint density at radius 1 is 1.17 bits per heavy atom. The molecule has 1 aliphatic rings. The number of nitrogens with zero attached hydrogens (tertiary/aromatic N) is 2. The maximum absolute atomic E-state index is 5.72. The molecule has 5 heteroatoms. The van der Waals surface area contributed by atoms with E-state index in [1.807, 2.05) is 19.2 Å². The molecule has 158 valence electrons. The molecule has 0 saturated carbocycles. The van der Waals surface area contributed by atoms with Crippen molar-refractivity contribution in [3.8, 4) is 17.2 Å². The zero-order valence-corrected chi connectivity index (χ0v) is 18.4. The number of methoxy groups -OCH3 is 1. The van der Waals surface area contributed by atoms with Crippen molar-refractivity contribution in [2.75, 3.05) is 13.7 Å². The Hall–Kier alpha value is -2.79. The molecule has 0 amide bonds. The molecule has 1 aromatic heterocycles. The highest BCUT2D eigenvalue weighted by atomic mass is 16.5. The molecule has 3 aromatic rings. The molecule has 0 spiro atoms. The molecule has 1 heterocycles. The van der Waals surface area contributed by atoms with E-state index in [4.69, 9.17) is 14.6 Å². The van der Waals surface area contributed by atoms with Gasteiger partial charge in [-0.15, -0.1) is 0 Å². The summed E-state index contributed by atoms with van der Waals surface area (Å²) in [6.07, 6.45) is 5.40. The van der Waals surface area contributed by atoms with Crippen LogP contribution in [0.15, 0.2) is 42.6 Å². The third kappa shape index (κ3) is 3.94. The summed E-state index contributed by atoms with van der Waals surface area (Å²) in [4.78, 5) is 0. The molecule has 0 unspecified atom stereocenters. The maximum atomic E-state index is 5.72. The zero-order chi connectivity index (χ0) is 21.1. The van der Waals surface area contributed by atoms with Gasteiger partial charge < -0.3 is 14.8 Å². The number of hydrogen-bond acceptors (Lipinski definition) is 4. The van der Waals surface area contributed by atoms with Crippen molar-refractivity contribution in [1.82, 2.24) is 15.1 Å². The van der Waals surface area contributed by atoms with Gasteiger partial charge in [0.15, 0.2) is 11.5 Å². The van der Waals surface area contributed by atoms with E-state index < -0.39 is 0 Å². The van der Waals surface area contributed by atoms with Gasteiger partial charge >= 0.3 is 0 Å². The minimum absolute atomic E-state index is 0.310. The predicted octanol–water partition coefficient (Wildman–Crippen LogP) is 5.06. The summed E-state index contributed by atoms with van der Waals surface area (Å²) in [5, 5.41) is 8.52. The van der Waals surface area contributed by atoms with Gasteiger partial charge in [-0.3, -0.25) is 0 Å². The number of fused-ring (bicyclic) bond motifs is 1. The van der Waals surface area contributed by atoms with Crippen molar-refractivity contribution in [2.24, 2.45) is 0 Å². The molecule has 0 radical (unpaired) electrons. The molecular weight excluding hydrogens is 374 g/mol. The number of benzene rings is 2. The van der Waals surface area contributed by atoms with Crippen molar-refractivity contribution < 1.29 is 9.47 Å². The quantitative estimate of drug-likeness (QED) is 0.597. The molecule has 0 fully saturated rings. The summed E-state index contributed by atoms with van der Waals surface area (Å²) in [5.74, 6) is 1.57. The minimum Gasteiger partial charge on any atom is -0.493 e. The van der Waals surface area contributed by atoms with Gasteiger partial charge in [0.1, 0.15) is 0 Å². The van der Waals surface area contributed by atoms with Crippen LogP contribution in [-0.4, -0.2) is 23.5 Å². The maximum Gasteiger partial charge on any atom is 0.161 e. The summed E-state index contributed by atoms with van der Waals surface area (Å²) in [6.45, 7) is 7.72. The Morgan fingerprint density at radius 2 is 2.03 bits per heavy atom. The van der Waals surface area contributed by atoms with Crippen molar-refractivity contribution in [1.29, 1.82) is 0 Å². The van der Waals surface area contributed by atoms with Crippen LogP contribution in [0.5, 0.6) is 11.5 Å². The largest absolute Gasteiger partial charge is 0.493 e. The zero-order valence-electron chi connectivity index (χ0n) is 18.4. The average Bonchev–Trinajstić information content (AvgIpc) is 3.19. The normalized spacial score (nSPS) is 15.7. The number of aromatic nitrogens is 2. The second-order valence-corrected chi connectivity index (χ2v) is 7.92. The molecule has 1 aliphatic carbocycles. The highest BCUT2D eigenvalue weighted by Crippen LogP contribution is 2.33. The average molecular weight is 406 g/mol. The highest BCUT2D eigenvalue weighted by Gasteiger charge is 2.25. The van der Waals surface area contributed by atoms with Gasteiger partial charge in [0.2, 0.25) is 0 Å². The van der Waals surface area contributed by atoms with E-state index in [1.165, 1.54) is 33.6 Å². The van der Waals surface area contributed by atoms with Gasteiger partial charge in [-0.05, 0) is 74.9 Å². The Balaban J connectivity index is 1.54. The molecule has 30 heavy (non-hydrogen) atoms. The van der Waals surface area contributed by atoms with Crippen molar-refractivity contribution >= 4 is 0 Å². The standard InChI is InChI=1S/C25H31N3O2/c1-5-30-25-14-19(12-13-24(25)29-4)15-26-21-9-7-11-23-20(21)16-27-28(23)22-10-6-8-17(2)18(22)3/h6,8,10,12-14,16,21,26H,5,7,9,11,15H2,1-4H3/t21-/m1/s1. The van der Waals surface area contributed by atoms with Gasteiger partial charge in [-0.2, -0.15) is 5.10 Å². The van der Waals surface area contributed by atoms with Gasteiger partial charge in [0.25, 0.3) is 0 Å². The lowest BCUT2D eigenvalue weighted by atomic mass is 9.92. The first kappa shape index (κ1) is 20.5. The third-order valence-electron chi connectivity index (χ3n) is 6.07. The number of aryl methyl sites for hydroxylation is 1. The van der Waals surface area contributed by atoms with E-state index in [0.29, 0.717) is 12.6 Å². The molecule has 0 bridgehead atoms. The van der Waals surface area contributed by atoms with Crippen LogP contribution in [0.4, 0.5) is 0 Å². The molecule has 2 aromatic carbocycles. The van der Waals surface area contributed by atoms with E-state index in [9.17, 15) is 0 Å². The van der Waals surface area contributed by atoms with Gasteiger partial charge in [0.05, 0.1) is 25.6 Å². The second kappa shape index (κ2) is 8.92. The third-order valence-corrected chi connectivity index (χ3v) is 6.07. The minimum atomic E-state index is 0.310. The SMILES string of the molecule is CCOc1cc(CN[C@@H]2CCCc3c2cnn3-c2cccc(C)c2C)ccc1OC. The highest BCUT2D eigenvalue weighted by molar-refractivity contribution is 5.47. The summed E-state index contributed by atoms with van der Waals surface area (Å²) in [7, 11) is 1.67. The van der Waals surface area contributed by atoms with E-state index in [2.05, 4.69) is 54.2 Å². The summed E-state index contributed by atoms with van der Waals surface area (Å²) in [5.41, 5.74) is 7.62. The first-order valence-electron chi connectivity index (χ1n) is 10.8. The van der Waals surface area contributed by atoms with Gasteiger partial charge in [0, 0.05) is 23.8 Å². The first-order chi connectivity index (χ1) is 14.6. The van der Waals surface area contributed by atoms with Crippen LogP contribution in [0, 0.1) is 13.8 Å². The Labute approximate surface area is 179 Å². The smallest absolute Gasteiger partial charge is 0.161 e. The van der Waals surface area contributed by atoms with E-state index in [-0.39, 0.29) is 0 Å². The molecule has 0 saturated heterocycles. The monoisotopic (exact) mass is 405 g/mol. The fourth-order valence-electron chi connectivity index (χ4n) is 4.28. The second-order valence-electron chi connectivity index (χ2n) is 7.92. The molecule has 4 rings (SSSR count).